The number of pyridine rings is 1. The van der Waals surface area contributed by atoms with Crippen molar-refractivity contribution in [2.24, 2.45) is 0 Å². The normalized spacial score (nSPS) is 14.7. The van der Waals surface area contributed by atoms with Crippen LogP contribution in [-0.2, 0) is 4.74 Å². The zero-order valence-electron chi connectivity index (χ0n) is 9.89. The van der Waals surface area contributed by atoms with Crippen molar-refractivity contribution in [2.75, 3.05) is 20.3 Å². The summed E-state index contributed by atoms with van der Waals surface area (Å²) < 4.78 is 4.99. The molecule has 0 aromatic carbocycles. The Kier molecular flexibility index (Phi) is 6.00. The van der Waals surface area contributed by atoms with Crippen LogP contribution in [0, 0.1) is 0 Å². The molecular weight excluding hydrogens is 204 g/mol. The van der Waals surface area contributed by atoms with E-state index in [4.69, 9.17) is 4.74 Å². The van der Waals surface area contributed by atoms with E-state index in [9.17, 15) is 5.11 Å². The van der Waals surface area contributed by atoms with E-state index in [1.807, 2.05) is 12.1 Å². The van der Waals surface area contributed by atoms with Gasteiger partial charge in [0, 0.05) is 38.7 Å². The molecule has 0 bridgehead atoms. The Labute approximate surface area is 96.7 Å². The number of rotatable bonds is 7. The Hall–Kier alpha value is -0.970. The quantitative estimate of drug-likeness (QED) is 0.729. The van der Waals surface area contributed by atoms with Crippen LogP contribution in [0.3, 0.4) is 0 Å². The zero-order valence-corrected chi connectivity index (χ0v) is 9.89. The molecule has 1 rings (SSSR count). The fourth-order valence-electron chi connectivity index (χ4n) is 1.41. The monoisotopic (exact) mass is 224 g/mol. The van der Waals surface area contributed by atoms with Gasteiger partial charge in [-0.15, -0.1) is 0 Å². The van der Waals surface area contributed by atoms with E-state index in [2.05, 4.69) is 17.2 Å². The van der Waals surface area contributed by atoms with Gasteiger partial charge in [0.1, 0.15) is 0 Å². The maximum absolute atomic E-state index is 9.87. The first-order chi connectivity index (χ1) is 7.74. The van der Waals surface area contributed by atoms with Gasteiger partial charge in [0.25, 0.3) is 0 Å². The molecule has 1 aromatic rings. The number of nitrogens with zero attached hydrogens (tertiary/aromatic N) is 1. The Morgan fingerprint density at radius 2 is 2.12 bits per heavy atom. The second-order valence-electron chi connectivity index (χ2n) is 3.89. The minimum atomic E-state index is -0.479. The van der Waals surface area contributed by atoms with E-state index in [0.29, 0.717) is 12.6 Å². The van der Waals surface area contributed by atoms with Gasteiger partial charge in [-0.05, 0) is 31.0 Å². The van der Waals surface area contributed by atoms with Crippen LogP contribution in [0.1, 0.15) is 25.0 Å². The van der Waals surface area contributed by atoms with Gasteiger partial charge in [-0.2, -0.15) is 0 Å². The molecule has 0 saturated carbocycles. The lowest BCUT2D eigenvalue weighted by Crippen LogP contribution is -2.31. The Balaban J connectivity index is 2.27. The first kappa shape index (κ1) is 13.1. The van der Waals surface area contributed by atoms with E-state index in [0.717, 1.165) is 18.6 Å². The summed E-state index contributed by atoms with van der Waals surface area (Å²) in [6.07, 6.45) is 3.84. The van der Waals surface area contributed by atoms with Crippen molar-refractivity contribution < 1.29 is 9.84 Å². The molecule has 0 fully saturated rings. The fourth-order valence-corrected chi connectivity index (χ4v) is 1.41. The largest absolute Gasteiger partial charge is 0.387 e. The molecule has 0 aliphatic heterocycles. The third-order valence-corrected chi connectivity index (χ3v) is 2.51. The van der Waals surface area contributed by atoms with Gasteiger partial charge in [0.2, 0.25) is 0 Å². The topological polar surface area (TPSA) is 54.4 Å². The molecule has 0 aliphatic rings. The minimum Gasteiger partial charge on any atom is -0.387 e. The molecule has 2 unspecified atom stereocenters. The molecule has 0 amide bonds. The number of nitrogens with one attached hydrogen (secondary N) is 1. The van der Waals surface area contributed by atoms with Gasteiger partial charge in [0.05, 0.1) is 6.10 Å². The molecular formula is C12H20N2O2. The average Bonchev–Trinajstić information content (AvgIpc) is 2.34. The first-order valence-electron chi connectivity index (χ1n) is 5.54. The molecule has 2 atom stereocenters. The van der Waals surface area contributed by atoms with Gasteiger partial charge in [-0.1, -0.05) is 0 Å². The third-order valence-electron chi connectivity index (χ3n) is 2.51. The standard InChI is InChI=1S/C12H20N2O2/c1-10(5-8-16-2)14-9-12(15)11-3-6-13-7-4-11/h3-4,6-7,10,12,14-15H,5,8-9H2,1-2H3. The maximum atomic E-state index is 9.87. The second-order valence-corrected chi connectivity index (χ2v) is 3.89. The number of aliphatic hydroxyl groups is 1. The van der Waals surface area contributed by atoms with E-state index < -0.39 is 6.10 Å². The summed E-state index contributed by atoms with van der Waals surface area (Å²) in [6.45, 7) is 3.37. The molecule has 90 valence electrons. The molecule has 0 radical (unpaired) electrons. The first-order valence-corrected chi connectivity index (χ1v) is 5.54. The average molecular weight is 224 g/mol. The highest BCUT2D eigenvalue weighted by Crippen LogP contribution is 2.09. The van der Waals surface area contributed by atoms with Crippen LogP contribution in [-0.4, -0.2) is 36.4 Å². The third kappa shape index (κ3) is 4.70. The molecule has 0 aliphatic carbocycles. The molecule has 1 aromatic heterocycles. The van der Waals surface area contributed by atoms with Crippen molar-refractivity contribution in [1.29, 1.82) is 0 Å². The molecule has 16 heavy (non-hydrogen) atoms. The predicted molar refractivity (Wildman–Crippen MR) is 63.2 cm³/mol. The van der Waals surface area contributed by atoms with Crippen molar-refractivity contribution in [1.82, 2.24) is 10.3 Å². The summed E-state index contributed by atoms with van der Waals surface area (Å²) >= 11 is 0. The summed E-state index contributed by atoms with van der Waals surface area (Å²) in [6, 6.07) is 4.00. The number of aromatic nitrogens is 1. The summed E-state index contributed by atoms with van der Waals surface area (Å²) in [5, 5.41) is 13.1. The van der Waals surface area contributed by atoms with Crippen molar-refractivity contribution in [3.63, 3.8) is 0 Å². The van der Waals surface area contributed by atoms with Crippen molar-refractivity contribution in [2.45, 2.75) is 25.5 Å². The lowest BCUT2D eigenvalue weighted by Gasteiger charge is -2.16. The van der Waals surface area contributed by atoms with Crippen LogP contribution in [0.15, 0.2) is 24.5 Å². The predicted octanol–water partition coefficient (Wildman–Crippen LogP) is 1.13. The van der Waals surface area contributed by atoms with E-state index in [1.54, 1.807) is 19.5 Å². The van der Waals surface area contributed by atoms with Crippen LogP contribution in [0.25, 0.3) is 0 Å². The highest BCUT2D eigenvalue weighted by molar-refractivity contribution is 5.13. The SMILES string of the molecule is COCCC(C)NCC(O)c1ccncc1. The Bertz CT molecular complexity index is 280. The van der Waals surface area contributed by atoms with Gasteiger partial charge in [-0.3, -0.25) is 4.98 Å². The van der Waals surface area contributed by atoms with Crippen molar-refractivity contribution >= 4 is 0 Å². The minimum absolute atomic E-state index is 0.344. The van der Waals surface area contributed by atoms with Crippen LogP contribution in [0.5, 0.6) is 0 Å². The van der Waals surface area contributed by atoms with Crippen LogP contribution < -0.4 is 5.32 Å². The van der Waals surface area contributed by atoms with Gasteiger partial charge in [-0.25, -0.2) is 0 Å². The molecule has 1 heterocycles. The Morgan fingerprint density at radius 3 is 2.75 bits per heavy atom. The number of ether oxygens (including phenoxy) is 1. The van der Waals surface area contributed by atoms with E-state index >= 15 is 0 Å². The lowest BCUT2D eigenvalue weighted by atomic mass is 10.1. The Morgan fingerprint density at radius 1 is 1.44 bits per heavy atom. The highest BCUT2D eigenvalue weighted by atomic mass is 16.5. The summed E-state index contributed by atoms with van der Waals surface area (Å²) in [7, 11) is 1.69. The molecule has 0 saturated heterocycles. The van der Waals surface area contributed by atoms with Crippen LogP contribution in [0.4, 0.5) is 0 Å². The molecule has 4 heteroatoms. The highest BCUT2D eigenvalue weighted by Gasteiger charge is 2.08. The van der Waals surface area contributed by atoms with E-state index in [1.165, 1.54) is 0 Å². The fraction of sp³-hybridized carbons (Fsp3) is 0.583. The van der Waals surface area contributed by atoms with E-state index in [-0.39, 0.29) is 0 Å². The van der Waals surface area contributed by atoms with Gasteiger partial charge in [0.15, 0.2) is 0 Å². The second kappa shape index (κ2) is 7.33. The number of hydrogen-bond acceptors (Lipinski definition) is 4. The number of aliphatic hydroxyl groups excluding tert-OH is 1. The van der Waals surface area contributed by atoms with Crippen molar-refractivity contribution in [3.8, 4) is 0 Å². The smallest absolute Gasteiger partial charge is 0.0915 e. The molecule has 4 nitrogen and oxygen atoms in total. The summed E-state index contributed by atoms with van der Waals surface area (Å²) in [5.74, 6) is 0. The summed E-state index contributed by atoms with van der Waals surface area (Å²) in [5.41, 5.74) is 0.890. The molecule has 0 spiro atoms. The maximum Gasteiger partial charge on any atom is 0.0915 e. The number of hydrogen-bond donors (Lipinski definition) is 2. The molecule has 2 N–H and O–H groups in total. The number of methoxy groups -OCH3 is 1. The van der Waals surface area contributed by atoms with Crippen molar-refractivity contribution in [3.05, 3.63) is 30.1 Å². The lowest BCUT2D eigenvalue weighted by molar-refractivity contribution is 0.158. The van der Waals surface area contributed by atoms with Gasteiger partial charge >= 0.3 is 0 Å². The summed E-state index contributed by atoms with van der Waals surface area (Å²) in [4.78, 5) is 3.92. The van der Waals surface area contributed by atoms with Gasteiger partial charge < -0.3 is 15.2 Å². The van der Waals surface area contributed by atoms with Crippen LogP contribution >= 0.6 is 0 Å². The van der Waals surface area contributed by atoms with Crippen LogP contribution in [0.2, 0.25) is 0 Å². The zero-order chi connectivity index (χ0) is 11.8.